The van der Waals surface area contributed by atoms with Gasteiger partial charge in [-0.3, -0.25) is 0 Å². The van der Waals surface area contributed by atoms with Gasteiger partial charge in [-0.2, -0.15) is 0 Å². The van der Waals surface area contributed by atoms with Gasteiger partial charge in [0, 0.05) is 22.6 Å². The Morgan fingerprint density at radius 2 is 0.946 bits per heavy atom. The van der Waals surface area contributed by atoms with E-state index >= 15 is 0 Å². The van der Waals surface area contributed by atoms with E-state index in [1.807, 2.05) is 6.07 Å². The lowest BCUT2D eigenvalue weighted by Crippen LogP contribution is -2.09. The number of nitrogens with zero attached hydrogens (tertiary/aromatic N) is 1. The molecular formula is C54H57NO. The average molecular weight is 736 g/mol. The first-order valence-electron chi connectivity index (χ1n) is 20.3. The Balaban J connectivity index is 1.21. The molecule has 0 bridgehead atoms. The highest BCUT2D eigenvalue weighted by Gasteiger charge is 2.13. The van der Waals surface area contributed by atoms with Crippen LogP contribution in [0.1, 0.15) is 91.0 Å². The van der Waals surface area contributed by atoms with Crippen molar-refractivity contribution >= 4 is 53.5 Å². The third kappa shape index (κ3) is 11.8. The molecule has 1 atom stereocenters. The van der Waals surface area contributed by atoms with Gasteiger partial charge in [-0.15, -0.1) is 0 Å². The zero-order chi connectivity index (χ0) is 39.1. The standard InChI is InChI=1S/C54H57NO/c1-41(2)13-12-14-42(3)37-38-56-54-40-49(44(5)39-50(54)30-24-46-17-10-7-11-18-46)29-23-48-27-35-53(36-28-48)55(51-31-19-43(4)20-32-51)52-33-25-47(26-34-52)22-21-45-15-8-6-9-16-45/h6-11,15-36,39-42H,12-14,37-38H2,1-5H3/b22-21-,29-23-,30-24-. The molecule has 0 aliphatic heterocycles. The summed E-state index contributed by atoms with van der Waals surface area (Å²) in [7, 11) is 0. The van der Waals surface area contributed by atoms with E-state index in [0.29, 0.717) is 12.5 Å². The Labute approximate surface area is 336 Å². The van der Waals surface area contributed by atoms with Crippen LogP contribution in [0, 0.1) is 25.7 Å². The highest BCUT2D eigenvalue weighted by molar-refractivity contribution is 5.81. The van der Waals surface area contributed by atoms with Crippen molar-refractivity contribution in [2.24, 2.45) is 11.8 Å². The van der Waals surface area contributed by atoms with Crippen molar-refractivity contribution in [3.63, 3.8) is 0 Å². The summed E-state index contributed by atoms with van der Waals surface area (Å²) in [4.78, 5) is 2.32. The molecule has 2 nitrogen and oxygen atoms in total. The van der Waals surface area contributed by atoms with Crippen molar-refractivity contribution in [2.75, 3.05) is 11.5 Å². The van der Waals surface area contributed by atoms with Crippen LogP contribution in [0.5, 0.6) is 5.75 Å². The lowest BCUT2D eigenvalue weighted by Gasteiger charge is -2.26. The molecule has 6 aromatic rings. The molecule has 0 fully saturated rings. The minimum atomic E-state index is 0.647. The van der Waals surface area contributed by atoms with Crippen LogP contribution in [0.2, 0.25) is 0 Å². The molecule has 0 aliphatic rings. The van der Waals surface area contributed by atoms with Gasteiger partial charge in [0.15, 0.2) is 0 Å². The first kappa shape index (κ1) is 39.8. The monoisotopic (exact) mass is 735 g/mol. The van der Waals surface area contributed by atoms with Crippen molar-refractivity contribution in [2.45, 2.75) is 60.3 Å². The Morgan fingerprint density at radius 1 is 0.482 bits per heavy atom. The first-order valence-corrected chi connectivity index (χ1v) is 20.3. The highest BCUT2D eigenvalue weighted by Crippen LogP contribution is 2.35. The summed E-state index contributed by atoms with van der Waals surface area (Å²) >= 11 is 0. The number of hydrogen-bond donors (Lipinski definition) is 0. The third-order valence-electron chi connectivity index (χ3n) is 10.3. The lowest BCUT2D eigenvalue weighted by atomic mass is 9.97. The number of aryl methyl sites for hydroxylation is 2. The molecular weight excluding hydrogens is 679 g/mol. The molecule has 56 heavy (non-hydrogen) atoms. The molecule has 0 spiro atoms. The molecule has 0 saturated heterocycles. The molecule has 0 radical (unpaired) electrons. The van der Waals surface area contributed by atoms with Crippen LogP contribution in [-0.4, -0.2) is 6.61 Å². The minimum Gasteiger partial charge on any atom is -0.493 e. The summed E-state index contributed by atoms with van der Waals surface area (Å²) in [5.41, 5.74) is 12.8. The van der Waals surface area contributed by atoms with Crippen LogP contribution < -0.4 is 9.64 Å². The van der Waals surface area contributed by atoms with Crippen LogP contribution in [-0.2, 0) is 0 Å². The van der Waals surface area contributed by atoms with Crippen molar-refractivity contribution < 1.29 is 4.74 Å². The minimum absolute atomic E-state index is 0.647. The zero-order valence-electron chi connectivity index (χ0n) is 33.9. The van der Waals surface area contributed by atoms with Gasteiger partial charge in [0.25, 0.3) is 0 Å². The fourth-order valence-electron chi connectivity index (χ4n) is 6.85. The van der Waals surface area contributed by atoms with E-state index in [1.165, 1.54) is 41.5 Å². The topological polar surface area (TPSA) is 12.5 Å². The predicted octanol–water partition coefficient (Wildman–Crippen LogP) is 15.5. The number of ether oxygens (including phenoxy) is 1. The van der Waals surface area contributed by atoms with Crippen LogP contribution in [0.15, 0.2) is 146 Å². The van der Waals surface area contributed by atoms with Gasteiger partial charge in [-0.05, 0) is 114 Å². The molecule has 0 heterocycles. The maximum absolute atomic E-state index is 6.55. The SMILES string of the molecule is Cc1ccc(N(c2ccc(/C=C\c3ccccc3)cc2)c2ccc(/C=C\c3cc(OCCC(C)CCCC(C)C)c(/C=C\c4ccccc4)cc3C)cc2)cc1. The maximum Gasteiger partial charge on any atom is 0.127 e. The largest absolute Gasteiger partial charge is 0.493 e. The van der Waals surface area contributed by atoms with Crippen LogP contribution in [0.4, 0.5) is 17.1 Å². The first-order chi connectivity index (χ1) is 27.3. The van der Waals surface area contributed by atoms with E-state index in [4.69, 9.17) is 4.74 Å². The summed E-state index contributed by atoms with van der Waals surface area (Å²) in [6.07, 6.45) is 18.0. The normalized spacial score (nSPS) is 12.2. The average Bonchev–Trinajstić information content (AvgIpc) is 3.22. The van der Waals surface area contributed by atoms with E-state index in [-0.39, 0.29) is 0 Å². The predicted molar refractivity (Wildman–Crippen MR) is 245 cm³/mol. The molecule has 0 saturated carbocycles. The van der Waals surface area contributed by atoms with Gasteiger partial charge in [0.05, 0.1) is 6.61 Å². The van der Waals surface area contributed by atoms with Gasteiger partial charge < -0.3 is 9.64 Å². The van der Waals surface area contributed by atoms with Gasteiger partial charge >= 0.3 is 0 Å². The van der Waals surface area contributed by atoms with Crippen molar-refractivity contribution in [3.8, 4) is 5.75 Å². The van der Waals surface area contributed by atoms with Gasteiger partial charge in [0.2, 0.25) is 0 Å². The Morgan fingerprint density at radius 3 is 1.46 bits per heavy atom. The molecule has 1 unspecified atom stereocenters. The number of hydrogen-bond acceptors (Lipinski definition) is 2. The molecule has 0 aromatic heterocycles. The fourth-order valence-corrected chi connectivity index (χ4v) is 6.85. The number of anilines is 3. The van der Waals surface area contributed by atoms with E-state index in [0.717, 1.165) is 57.4 Å². The smallest absolute Gasteiger partial charge is 0.127 e. The van der Waals surface area contributed by atoms with Gasteiger partial charge in [-0.25, -0.2) is 0 Å². The Bertz CT molecular complexity index is 2180. The summed E-state index contributed by atoms with van der Waals surface area (Å²) in [5, 5.41) is 0. The molecule has 6 rings (SSSR count). The molecule has 284 valence electrons. The summed E-state index contributed by atoms with van der Waals surface area (Å²) < 4.78 is 6.55. The summed E-state index contributed by atoms with van der Waals surface area (Å²) in [6.45, 7) is 12.0. The molecule has 0 N–H and O–H groups in total. The lowest BCUT2D eigenvalue weighted by molar-refractivity contribution is 0.275. The van der Waals surface area contributed by atoms with Crippen LogP contribution in [0.3, 0.4) is 0 Å². The fraction of sp³-hybridized carbons (Fsp3) is 0.222. The number of rotatable bonds is 17. The molecule has 0 aliphatic carbocycles. The van der Waals surface area contributed by atoms with E-state index in [2.05, 4.69) is 216 Å². The molecule has 6 aromatic carbocycles. The van der Waals surface area contributed by atoms with E-state index in [1.54, 1.807) is 0 Å². The zero-order valence-corrected chi connectivity index (χ0v) is 33.9. The van der Waals surface area contributed by atoms with Crippen molar-refractivity contribution in [1.29, 1.82) is 0 Å². The third-order valence-corrected chi connectivity index (χ3v) is 10.3. The highest BCUT2D eigenvalue weighted by atomic mass is 16.5. The van der Waals surface area contributed by atoms with Gasteiger partial charge in [-0.1, -0.05) is 179 Å². The Kier molecular flexibility index (Phi) is 14.3. The van der Waals surface area contributed by atoms with E-state index < -0.39 is 0 Å². The number of benzene rings is 6. The maximum atomic E-state index is 6.55. The summed E-state index contributed by atoms with van der Waals surface area (Å²) in [6, 6.07) is 51.7. The van der Waals surface area contributed by atoms with Crippen LogP contribution in [0.25, 0.3) is 36.5 Å². The van der Waals surface area contributed by atoms with E-state index in [9.17, 15) is 0 Å². The summed E-state index contributed by atoms with van der Waals surface area (Å²) in [5.74, 6) is 2.34. The van der Waals surface area contributed by atoms with Crippen molar-refractivity contribution in [3.05, 3.63) is 190 Å². The Hall–Kier alpha value is -5.86. The second-order valence-corrected chi connectivity index (χ2v) is 15.5. The second-order valence-electron chi connectivity index (χ2n) is 15.5. The second kappa shape index (κ2) is 20.2. The molecule has 0 amide bonds. The van der Waals surface area contributed by atoms with Crippen LogP contribution >= 0.6 is 0 Å². The molecule has 2 heteroatoms. The van der Waals surface area contributed by atoms with Crippen molar-refractivity contribution in [1.82, 2.24) is 0 Å². The quantitative estimate of drug-likeness (QED) is 0.0865. The van der Waals surface area contributed by atoms with Gasteiger partial charge in [0.1, 0.15) is 5.75 Å².